The second kappa shape index (κ2) is 4.83. The molecular formula is C12H12F2N2O3. The highest BCUT2D eigenvalue weighted by Gasteiger charge is 2.40. The van der Waals surface area contributed by atoms with E-state index in [1.165, 1.54) is 24.3 Å². The zero-order valence-corrected chi connectivity index (χ0v) is 9.90. The number of nitrogens with one attached hydrogen (secondary N) is 1. The summed E-state index contributed by atoms with van der Waals surface area (Å²) in [6, 6.07) is 4.87. The molecule has 0 spiro atoms. The van der Waals surface area contributed by atoms with E-state index in [0.717, 1.165) is 4.90 Å². The van der Waals surface area contributed by atoms with Gasteiger partial charge in [0.05, 0.1) is 12.1 Å². The average molecular weight is 270 g/mol. The second-order valence-electron chi connectivity index (χ2n) is 4.34. The van der Waals surface area contributed by atoms with Gasteiger partial charge in [-0.3, -0.25) is 0 Å². The first-order valence-electron chi connectivity index (χ1n) is 5.64. The smallest absolute Gasteiger partial charge is 0.335 e. The van der Waals surface area contributed by atoms with E-state index in [2.05, 4.69) is 5.32 Å². The Hall–Kier alpha value is -2.18. The van der Waals surface area contributed by atoms with E-state index in [-0.39, 0.29) is 18.5 Å². The largest absolute Gasteiger partial charge is 0.478 e. The molecule has 1 aromatic rings. The molecule has 1 aliphatic heterocycles. The Bertz CT molecular complexity index is 502. The minimum Gasteiger partial charge on any atom is -0.478 e. The van der Waals surface area contributed by atoms with Crippen LogP contribution in [-0.4, -0.2) is 41.0 Å². The number of nitrogens with zero attached hydrogens (tertiary/aromatic N) is 1. The van der Waals surface area contributed by atoms with Crippen LogP contribution in [0.25, 0.3) is 0 Å². The Morgan fingerprint density at radius 3 is 2.37 bits per heavy atom. The van der Waals surface area contributed by atoms with Crippen molar-refractivity contribution in [1.29, 1.82) is 0 Å². The number of amides is 2. The van der Waals surface area contributed by atoms with Crippen molar-refractivity contribution in [1.82, 2.24) is 4.90 Å². The van der Waals surface area contributed by atoms with Gasteiger partial charge >= 0.3 is 12.0 Å². The van der Waals surface area contributed by atoms with Crippen LogP contribution in [0.1, 0.15) is 16.8 Å². The van der Waals surface area contributed by atoms with Gasteiger partial charge in [0.2, 0.25) is 0 Å². The van der Waals surface area contributed by atoms with Crippen LogP contribution >= 0.6 is 0 Å². The highest BCUT2D eigenvalue weighted by molar-refractivity contribution is 5.91. The number of carboxylic acid groups (broad SMARTS) is 1. The van der Waals surface area contributed by atoms with Gasteiger partial charge < -0.3 is 15.3 Å². The lowest BCUT2D eigenvalue weighted by atomic mass is 10.2. The molecule has 1 heterocycles. The van der Waals surface area contributed by atoms with Gasteiger partial charge in [-0.25, -0.2) is 18.4 Å². The van der Waals surface area contributed by atoms with E-state index in [1.807, 2.05) is 0 Å². The first-order chi connectivity index (χ1) is 8.87. The molecule has 19 heavy (non-hydrogen) atoms. The number of hydrogen-bond donors (Lipinski definition) is 2. The normalized spacial score (nSPS) is 17.3. The van der Waals surface area contributed by atoms with Crippen LogP contribution in [0.2, 0.25) is 0 Å². The zero-order valence-electron chi connectivity index (χ0n) is 9.90. The SMILES string of the molecule is O=C(O)c1ccc(NC(=O)N2CCC(F)(F)C2)cc1. The predicted molar refractivity (Wildman–Crippen MR) is 63.6 cm³/mol. The number of anilines is 1. The fourth-order valence-electron chi connectivity index (χ4n) is 1.81. The number of halogens is 2. The van der Waals surface area contributed by atoms with Gasteiger partial charge in [0.25, 0.3) is 5.92 Å². The summed E-state index contributed by atoms with van der Waals surface area (Å²) in [5.74, 6) is -3.90. The number of likely N-dealkylation sites (tertiary alicyclic amines) is 1. The summed E-state index contributed by atoms with van der Waals surface area (Å²) in [5.41, 5.74) is 0.455. The molecule has 2 amide bonds. The number of hydrogen-bond acceptors (Lipinski definition) is 2. The molecule has 0 bridgehead atoms. The third kappa shape index (κ3) is 3.18. The monoisotopic (exact) mass is 270 g/mol. The van der Waals surface area contributed by atoms with Gasteiger partial charge in [-0.1, -0.05) is 0 Å². The maximum absolute atomic E-state index is 12.9. The minimum absolute atomic E-state index is 0.00599. The predicted octanol–water partition coefficient (Wildman–Crippen LogP) is 2.26. The molecule has 0 saturated carbocycles. The van der Waals surface area contributed by atoms with Crippen molar-refractivity contribution in [3.63, 3.8) is 0 Å². The van der Waals surface area contributed by atoms with Crippen LogP contribution in [0, 0.1) is 0 Å². The molecule has 1 aromatic carbocycles. The Labute approximate surface area is 107 Å². The molecule has 1 fully saturated rings. The van der Waals surface area contributed by atoms with Gasteiger partial charge in [0.1, 0.15) is 0 Å². The van der Waals surface area contributed by atoms with Crippen molar-refractivity contribution < 1.29 is 23.5 Å². The first kappa shape index (κ1) is 13.3. The fraction of sp³-hybridized carbons (Fsp3) is 0.333. The van der Waals surface area contributed by atoms with E-state index in [0.29, 0.717) is 5.69 Å². The van der Waals surface area contributed by atoms with Crippen molar-refractivity contribution >= 4 is 17.7 Å². The number of rotatable bonds is 2. The molecule has 7 heteroatoms. The Kier molecular flexibility index (Phi) is 3.37. The van der Waals surface area contributed by atoms with Gasteiger partial charge in [-0.2, -0.15) is 0 Å². The van der Waals surface area contributed by atoms with Gasteiger partial charge in [0.15, 0.2) is 0 Å². The summed E-state index contributed by atoms with van der Waals surface area (Å²) in [5, 5.41) is 11.2. The number of benzene rings is 1. The van der Waals surface area contributed by atoms with E-state index in [9.17, 15) is 18.4 Å². The second-order valence-corrected chi connectivity index (χ2v) is 4.34. The number of carboxylic acids is 1. The third-order valence-electron chi connectivity index (χ3n) is 2.84. The highest BCUT2D eigenvalue weighted by atomic mass is 19.3. The quantitative estimate of drug-likeness (QED) is 0.866. The molecule has 2 rings (SSSR count). The maximum atomic E-state index is 12.9. The molecule has 102 valence electrons. The van der Waals surface area contributed by atoms with Crippen LogP contribution < -0.4 is 5.32 Å². The van der Waals surface area contributed by atoms with Gasteiger partial charge in [0, 0.05) is 18.7 Å². The van der Waals surface area contributed by atoms with Crippen LogP contribution in [0.5, 0.6) is 0 Å². The van der Waals surface area contributed by atoms with E-state index in [1.54, 1.807) is 0 Å². The lowest BCUT2D eigenvalue weighted by molar-refractivity contribution is 0.0159. The molecule has 0 unspecified atom stereocenters. The van der Waals surface area contributed by atoms with Crippen molar-refractivity contribution in [3.05, 3.63) is 29.8 Å². The van der Waals surface area contributed by atoms with Crippen LogP contribution in [-0.2, 0) is 0 Å². The van der Waals surface area contributed by atoms with Crippen molar-refractivity contribution in [2.75, 3.05) is 18.4 Å². The summed E-state index contributed by atoms with van der Waals surface area (Å²) < 4.78 is 25.9. The molecule has 5 nitrogen and oxygen atoms in total. The van der Waals surface area contributed by atoms with Crippen molar-refractivity contribution in [2.24, 2.45) is 0 Å². The van der Waals surface area contributed by atoms with E-state index in [4.69, 9.17) is 5.11 Å². The lowest BCUT2D eigenvalue weighted by Crippen LogP contribution is -2.34. The molecule has 0 aliphatic carbocycles. The standard InChI is InChI=1S/C12H12F2N2O3/c13-12(14)5-6-16(7-12)11(19)15-9-3-1-8(2-4-9)10(17)18/h1-4H,5-7H2,(H,15,19)(H,17,18). The van der Waals surface area contributed by atoms with Crippen LogP contribution in [0.3, 0.4) is 0 Å². The van der Waals surface area contributed by atoms with E-state index >= 15 is 0 Å². The lowest BCUT2D eigenvalue weighted by Gasteiger charge is -2.16. The summed E-state index contributed by atoms with van der Waals surface area (Å²) in [6.45, 7) is -0.585. The number of aromatic carboxylic acids is 1. The summed E-state index contributed by atoms with van der Waals surface area (Å²) in [4.78, 5) is 23.4. The summed E-state index contributed by atoms with van der Waals surface area (Å²) in [6.07, 6.45) is -0.335. The molecule has 0 atom stereocenters. The minimum atomic E-state index is -2.83. The molecule has 1 saturated heterocycles. The number of carbonyl (C=O) groups is 2. The Morgan fingerprint density at radius 2 is 1.89 bits per heavy atom. The fourth-order valence-corrected chi connectivity index (χ4v) is 1.81. The van der Waals surface area contributed by atoms with Crippen molar-refractivity contribution in [3.8, 4) is 0 Å². The Morgan fingerprint density at radius 1 is 1.26 bits per heavy atom. The van der Waals surface area contributed by atoms with Crippen LogP contribution in [0.15, 0.2) is 24.3 Å². The summed E-state index contributed by atoms with van der Waals surface area (Å²) in [7, 11) is 0. The number of alkyl halides is 2. The molecule has 1 aliphatic rings. The maximum Gasteiger partial charge on any atom is 0.335 e. The third-order valence-corrected chi connectivity index (χ3v) is 2.84. The molecule has 0 radical (unpaired) electrons. The zero-order chi connectivity index (χ0) is 14.0. The highest BCUT2D eigenvalue weighted by Crippen LogP contribution is 2.27. The van der Waals surface area contributed by atoms with Gasteiger partial charge in [-0.05, 0) is 24.3 Å². The van der Waals surface area contributed by atoms with E-state index < -0.39 is 24.5 Å². The average Bonchev–Trinajstić information content (AvgIpc) is 2.70. The molecular weight excluding hydrogens is 258 g/mol. The topological polar surface area (TPSA) is 69.6 Å². The Balaban J connectivity index is 1.98. The molecule has 0 aromatic heterocycles. The summed E-state index contributed by atoms with van der Waals surface area (Å²) >= 11 is 0. The number of urea groups is 1. The first-order valence-corrected chi connectivity index (χ1v) is 5.64. The van der Waals surface area contributed by atoms with Gasteiger partial charge in [-0.15, -0.1) is 0 Å². The van der Waals surface area contributed by atoms with Crippen LogP contribution in [0.4, 0.5) is 19.3 Å². The molecule has 2 N–H and O–H groups in total. The van der Waals surface area contributed by atoms with Crippen molar-refractivity contribution in [2.45, 2.75) is 12.3 Å². The number of carbonyl (C=O) groups excluding carboxylic acids is 1.